The lowest BCUT2D eigenvalue weighted by Crippen LogP contribution is -2.29. The van der Waals surface area contributed by atoms with Crippen LogP contribution < -0.4 is 5.32 Å². The second kappa shape index (κ2) is 6.35. The highest BCUT2D eigenvalue weighted by Gasteiger charge is 2.03. The number of hydrogen-bond donors (Lipinski definition) is 1. The third-order valence-corrected chi connectivity index (χ3v) is 2.90. The quantitative estimate of drug-likeness (QED) is 0.918. The summed E-state index contributed by atoms with van der Waals surface area (Å²) in [5.74, 6) is -0.0264. The molecule has 5 heteroatoms. The number of nitrogens with one attached hydrogen (secondary N) is 1. The summed E-state index contributed by atoms with van der Waals surface area (Å²) >= 11 is 3.29. The summed E-state index contributed by atoms with van der Waals surface area (Å²) in [7, 11) is 0. The van der Waals surface area contributed by atoms with Crippen LogP contribution >= 0.6 is 15.9 Å². The molecule has 0 saturated carbocycles. The fourth-order valence-corrected chi connectivity index (χ4v) is 1.95. The summed E-state index contributed by atoms with van der Waals surface area (Å²) in [5.41, 5.74) is 1.22. The minimum absolute atomic E-state index is 0.0264. The van der Waals surface area contributed by atoms with Gasteiger partial charge in [0.05, 0.1) is 10.7 Å². The Kier molecular flexibility index (Phi) is 4.52. The number of aromatic nitrogens is 2. The van der Waals surface area contributed by atoms with Crippen molar-refractivity contribution in [3.63, 3.8) is 0 Å². The predicted octanol–water partition coefficient (Wildman–Crippen LogP) is 2.00. The Bertz CT molecular complexity index is 510. The van der Waals surface area contributed by atoms with Crippen molar-refractivity contribution in [1.29, 1.82) is 0 Å². The Labute approximate surface area is 114 Å². The maximum Gasteiger partial charge on any atom is 0.241 e. The summed E-state index contributed by atoms with van der Waals surface area (Å²) in [5, 5.41) is 6.90. The smallest absolute Gasteiger partial charge is 0.241 e. The maximum absolute atomic E-state index is 11.6. The third-order valence-electron chi connectivity index (χ3n) is 2.49. The second-order valence-corrected chi connectivity index (χ2v) is 4.86. The van der Waals surface area contributed by atoms with Gasteiger partial charge in [0.25, 0.3) is 0 Å². The Balaban J connectivity index is 1.72. The topological polar surface area (TPSA) is 46.9 Å². The number of halogens is 1. The molecule has 0 fully saturated rings. The summed E-state index contributed by atoms with van der Waals surface area (Å²) in [6.45, 7) is 0.895. The first-order valence-electron chi connectivity index (χ1n) is 5.72. The van der Waals surface area contributed by atoms with E-state index in [1.165, 1.54) is 5.56 Å². The van der Waals surface area contributed by atoms with Crippen molar-refractivity contribution < 1.29 is 4.79 Å². The van der Waals surface area contributed by atoms with E-state index in [4.69, 9.17) is 0 Å². The van der Waals surface area contributed by atoms with Gasteiger partial charge in [-0.25, -0.2) is 0 Å². The van der Waals surface area contributed by atoms with Gasteiger partial charge in [-0.3, -0.25) is 9.48 Å². The molecule has 0 saturated heterocycles. The van der Waals surface area contributed by atoms with Crippen molar-refractivity contribution in [2.24, 2.45) is 0 Å². The van der Waals surface area contributed by atoms with Crippen molar-refractivity contribution in [3.05, 3.63) is 52.8 Å². The van der Waals surface area contributed by atoms with E-state index in [9.17, 15) is 4.79 Å². The van der Waals surface area contributed by atoms with E-state index in [0.717, 1.165) is 10.9 Å². The zero-order valence-corrected chi connectivity index (χ0v) is 11.4. The summed E-state index contributed by atoms with van der Waals surface area (Å²) < 4.78 is 2.47. The first kappa shape index (κ1) is 12.8. The summed E-state index contributed by atoms with van der Waals surface area (Å²) in [6.07, 6.45) is 4.28. The van der Waals surface area contributed by atoms with Gasteiger partial charge in [-0.15, -0.1) is 0 Å². The van der Waals surface area contributed by atoms with Crippen molar-refractivity contribution >= 4 is 21.8 Å². The molecular weight excluding hydrogens is 294 g/mol. The SMILES string of the molecule is O=C(Cn1cc(Br)cn1)NCCc1ccccc1. The van der Waals surface area contributed by atoms with Gasteiger partial charge in [0.2, 0.25) is 5.91 Å². The molecule has 1 aromatic heterocycles. The van der Waals surface area contributed by atoms with Crippen molar-refractivity contribution in [2.45, 2.75) is 13.0 Å². The standard InChI is InChI=1S/C13H14BrN3O/c14-12-8-16-17(9-12)10-13(18)15-7-6-11-4-2-1-3-5-11/h1-5,8-9H,6-7,10H2,(H,15,18). The molecule has 0 unspecified atom stereocenters. The van der Waals surface area contributed by atoms with Gasteiger partial charge < -0.3 is 5.32 Å². The molecule has 0 bridgehead atoms. The zero-order chi connectivity index (χ0) is 12.8. The lowest BCUT2D eigenvalue weighted by atomic mass is 10.1. The zero-order valence-electron chi connectivity index (χ0n) is 9.84. The lowest BCUT2D eigenvalue weighted by molar-refractivity contribution is -0.121. The Morgan fingerprint density at radius 1 is 1.33 bits per heavy atom. The first-order valence-corrected chi connectivity index (χ1v) is 6.52. The Morgan fingerprint density at radius 3 is 2.78 bits per heavy atom. The van der Waals surface area contributed by atoms with E-state index >= 15 is 0 Å². The normalized spacial score (nSPS) is 10.3. The van der Waals surface area contributed by atoms with Crippen molar-refractivity contribution in [2.75, 3.05) is 6.54 Å². The van der Waals surface area contributed by atoms with Crippen LogP contribution in [0.3, 0.4) is 0 Å². The van der Waals surface area contributed by atoms with Gasteiger partial charge in [-0.2, -0.15) is 5.10 Å². The molecule has 1 amide bonds. The van der Waals surface area contributed by atoms with Crippen LogP contribution in [0.5, 0.6) is 0 Å². The van der Waals surface area contributed by atoms with E-state index in [0.29, 0.717) is 6.54 Å². The van der Waals surface area contributed by atoms with Crippen LogP contribution in [-0.4, -0.2) is 22.2 Å². The summed E-state index contributed by atoms with van der Waals surface area (Å²) in [6, 6.07) is 10.1. The van der Waals surface area contributed by atoms with Gasteiger partial charge in [0.15, 0.2) is 0 Å². The van der Waals surface area contributed by atoms with Gasteiger partial charge in [0.1, 0.15) is 6.54 Å². The fourth-order valence-electron chi connectivity index (χ4n) is 1.62. The fraction of sp³-hybridized carbons (Fsp3) is 0.231. The van der Waals surface area contributed by atoms with Crippen LogP contribution in [0.1, 0.15) is 5.56 Å². The number of nitrogens with zero attached hydrogens (tertiary/aromatic N) is 2. The molecule has 1 heterocycles. The molecule has 18 heavy (non-hydrogen) atoms. The van der Waals surface area contributed by atoms with Crippen LogP contribution in [0.2, 0.25) is 0 Å². The number of amides is 1. The van der Waals surface area contributed by atoms with Crippen molar-refractivity contribution in [3.8, 4) is 0 Å². The molecule has 0 aliphatic rings. The molecule has 2 aromatic rings. The molecule has 0 aliphatic heterocycles. The van der Waals surface area contributed by atoms with Crippen LogP contribution in [0.4, 0.5) is 0 Å². The largest absolute Gasteiger partial charge is 0.354 e. The van der Waals surface area contributed by atoms with Crippen LogP contribution in [0.25, 0.3) is 0 Å². The van der Waals surface area contributed by atoms with E-state index in [1.807, 2.05) is 18.2 Å². The number of hydrogen-bond acceptors (Lipinski definition) is 2. The van der Waals surface area contributed by atoms with E-state index in [2.05, 4.69) is 38.5 Å². The lowest BCUT2D eigenvalue weighted by Gasteiger charge is -2.05. The maximum atomic E-state index is 11.6. The number of benzene rings is 1. The second-order valence-electron chi connectivity index (χ2n) is 3.94. The van der Waals surface area contributed by atoms with Crippen LogP contribution in [0.15, 0.2) is 47.2 Å². The van der Waals surface area contributed by atoms with E-state index < -0.39 is 0 Å². The van der Waals surface area contributed by atoms with Gasteiger partial charge in [-0.05, 0) is 27.9 Å². The van der Waals surface area contributed by atoms with Gasteiger partial charge in [-0.1, -0.05) is 30.3 Å². The van der Waals surface area contributed by atoms with Crippen LogP contribution in [0, 0.1) is 0 Å². The molecule has 0 aliphatic carbocycles. The Hall–Kier alpha value is -1.62. The van der Waals surface area contributed by atoms with Gasteiger partial charge in [0, 0.05) is 12.7 Å². The monoisotopic (exact) mass is 307 g/mol. The summed E-state index contributed by atoms with van der Waals surface area (Å²) in [4.78, 5) is 11.6. The molecule has 0 atom stereocenters. The van der Waals surface area contributed by atoms with Crippen molar-refractivity contribution in [1.82, 2.24) is 15.1 Å². The van der Waals surface area contributed by atoms with E-state index in [-0.39, 0.29) is 12.5 Å². The highest BCUT2D eigenvalue weighted by molar-refractivity contribution is 9.10. The molecule has 1 N–H and O–H groups in total. The number of rotatable bonds is 5. The van der Waals surface area contributed by atoms with E-state index in [1.54, 1.807) is 17.1 Å². The third kappa shape index (κ3) is 4.00. The number of carbonyl (C=O) groups excluding carboxylic acids is 1. The number of carbonyl (C=O) groups is 1. The highest BCUT2D eigenvalue weighted by atomic mass is 79.9. The van der Waals surface area contributed by atoms with Gasteiger partial charge >= 0.3 is 0 Å². The minimum Gasteiger partial charge on any atom is -0.354 e. The molecule has 2 rings (SSSR count). The molecule has 0 spiro atoms. The average molecular weight is 308 g/mol. The first-order chi connectivity index (χ1) is 8.74. The minimum atomic E-state index is -0.0264. The molecule has 0 radical (unpaired) electrons. The molecule has 4 nitrogen and oxygen atoms in total. The average Bonchev–Trinajstić information content (AvgIpc) is 2.76. The van der Waals surface area contributed by atoms with Crippen LogP contribution in [-0.2, 0) is 17.8 Å². The predicted molar refractivity (Wildman–Crippen MR) is 73.1 cm³/mol. The Morgan fingerprint density at radius 2 is 2.11 bits per heavy atom. The highest BCUT2D eigenvalue weighted by Crippen LogP contribution is 2.05. The molecule has 1 aromatic carbocycles. The molecular formula is C13H14BrN3O. The molecule has 94 valence electrons.